The summed E-state index contributed by atoms with van der Waals surface area (Å²) in [5.41, 5.74) is 2.21. The van der Waals surface area contributed by atoms with Gasteiger partial charge in [-0.1, -0.05) is 24.3 Å². The number of nitrogens with one attached hydrogen (secondary N) is 1. The topological polar surface area (TPSA) is 88.6 Å². The molecule has 0 saturated carbocycles. The number of ether oxygens (including phenoxy) is 1. The third kappa shape index (κ3) is 5.68. The lowest BCUT2D eigenvalue weighted by atomic mass is 10.1. The standard InChI is InChI=1S/C23H25N3O4S/c1-17(19-9-11-22(12-10-19)31(28,29)26(2)3)25-23(27)20-7-4-8-21(14-20)30-16-18-6-5-13-24-15-18/h4-15,17H,16H2,1-3H3,(H,25,27). The summed E-state index contributed by atoms with van der Waals surface area (Å²) in [5.74, 6) is 0.340. The molecule has 0 aliphatic rings. The molecule has 3 aromatic rings. The van der Waals surface area contributed by atoms with Crippen LogP contribution in [0.5, 0.6) is 5.75 Å². The zero-order valence-electron chi connectivity index (χ0n) is 17.6. The van der Waals surface area contributed by atoms with Gasteiger partial charge in [0.25, 0.3) is 5.91 Å². The van der Waals surface area contributed by atoms with Crippen LogP contribution in [0.4, 0.5) is 0 Å². The summed E-state index contributed by atoms with van der Waals surface area (Å²) in [7, 11) is -0.514. The maximum Gasteiger partial charge on any atom is 0.251 e. The summed E-state index contributed by atoms with van der Waals surface area (Å²) in [4.78, 5) is 16.9. The minimum atomic E-state index is -3.49. The summed E-state index contributed by atoms with van der Waals surface area (Å²) in [6.07, 6.45) is 3.43. The number of aromatic nitrogens is 1. The number of carbonyl (C=O) groups is 1. The molecular weight excluding hydrogens is 414 g/mol. The van der Waals surface area contributed by atoms with Gasteiger partial charge in [-0.3, -0.25) is 9.78 Å². The van der Waals surface area contributed by atoms with Crippen molar-refractivity contribution in [2.45, 2.75) is 24.5 Å². The molecule has 0 aliphatic heterocycles. The molecule has 0 spiro atoms. The molecule has 0 saturated heterocycles. The third-order valence-electron chi connectivity index (χ3n) is 4.73. The first-order valence-electron chi connectivity index (χ1n) is 9.72. The van der Waals surface area contributed by atoms with Crippen LogP contribution in [0.25, 0.3) is 0 Å². The smallest absolute Gasteiger partial charge is 0.251 e. The maximum atomic E-state index is 12.7. The first kappa shape index (κ1) is 22.5. The van der Waals surface area contributed by atoms with E-state index in [1.165, 1.54) is 14.1 Å². The number of carbonyl (C=O) groups excluding carboxylic acids is 1. The van der Waals surface area contributed by atoms with Crippen LogP contribution in [0.2, 0.25) is 0 Å². The van der Waals surface area contributed by atoms with Crippen molar-refractivity contribution in [2.75, 3.05) is 14.1 Å². The molecule has 1 unspecified atom stereocenters. The number of sulfonamides is 1. The molecule has 7 nitrogen and oxygen atoms in total. The predicted octanol–water partition coefficient (Wildman–Crippen LogP) is 3.40. The van der Waals surface area contributed by atoms with Gasteiger partial charge >= 0.3 is 0 Å². The Morgan fingerprint density at radius 2 is 1.84 bits per heavy atom. The third-order valence-corrected chi connectivity index (χ3v) is 6.56. The van der Waals surface area contributed by atoms with Gasteiger partial charge in [0.05, 0.1) is 10.9 Å². The van der Waals surface area contributed by atoms with Crippen molar-refractivity contribution in [3.05, 3.63) is 89.7 Å². The van der Waals surface area contributed by atoms with Crippen molar-refractivity contribution in [1.82, 2.24) is 14.6 Å². The summed E-state index contributed by atoms with van der Waals surface area (Å²) in [6, 6.07) is 16.9. The number of nitrogens with zero attached hydrogens (tertiary/aromatic N) is 2. The molecule has 31 heavy (non-hydrogen) atoms. The number of hydrogen-bond donors (Lipinski definition) is 1. The SMILES string of the molecule is CC(NC(=O)c1cccc(OCc2cccnc2)c1)c1ccc(S(=O)(=O)N(C)C)cc1. The van der Waals surface area contributed by atoms with Crippen LogP contribution >= 0.6 is 0 Å². The van der Waals surface area contributed by atoms with E-state index in [0.29, 0.717) is 17.9 Å². The molecule has 1 atom stereocenters. The fourth-order valence-electron chi connectivity index (χ4n) is 2.88. The van der Waals surface area contributed by atoms with Crippen LogP contribution in [-0.2, 0) is 16.6 Å². The molecular formula is C23H25N3O4S. The number of hydrogen-bond acceptors (Lipinski definition) is 5. The fraction of sp³-hybridized carbons (Fsp3) is 0.217. The molecule has 1 aromatic heterocycles. The molecule has 0 radical (unpaired) electrons. The zero-order chi connectivity index (χ0) is 22.4. The van der Waals surface area contributed by atoms with E-state index in [1.54, 1.807) is 60.9 Å². The molecule has 162 valence electrons. The van der Waals surface area contributed by atoms with E-state index in [0.717, 1.165) is 15.4 Å². The summed E-state index contributed by atoms with van der Waals surface area (Å²) in [5, 5.41) is 2.93. The highest BCUT2D eigenvalue weighted by atomic mass is 32.2. The van der Waals surface area contributed by atoms with E-state index in [9.17, 15) is 13.2 Å². The summed E-state index contributed by atoms with van der Waals surface area (Å²) >= 11 is 0. The van der Waals surface area contributed by atoms with Gasteiger partial charge in [-0.15, -0.1) is 0 Å². The van der Waals surface area contributed by atoms with Crippen molar-refractivity contribution >= 4 is 15.9 Å². The first-order chi connectivity index (χ1) is 14.8. The lowest BCUT2D eigenvalue weighted by molar-refractivity contribution is 0.0939. The monoisotopic (exact) mass is 439 g/mol. The molecule has 0 fully saturated rings. The first-order valence-corrected chi connectivity index (χ1v) is 11.2. The number of benzene rings is 2. The Labute approximate surface area is 182 Å². The average Bonchev–Trinajstić information content (AvgIpc) is 2.78. The maximum absolute atomic E-state index is 12.7. The molecule has 0 aliphatic carbocycles. The normalized spacial score (nSPS) is 12.4. The largest absolute Gasteiger partial charge is 0.489 e. The summed E-state index contributed by atoms with van der Waals surface area (Å²) < 4.78 is 31.3. The predicted molar refractivity (Wildman–Crippen MR) is 118 cm³/mol. The van der Waals surface area contributed by atoms with Crippen molar-refractivity contribution in [3.63, 3.8) is 0 Å². The van der Waals surface area contributed by atoms with Gasteiger partial charge in [-0.2, -0.15) is 0 Å². The Balaban J connectivity index is 1.64. The zero-order valence-corrected chi connectivity index (χ0v) is 18.5. The van der Waals surface area contributed by atoms with Gasteiger partial charge in [-0.05, 0) is 48.9 Å². The van der Waals surface area contributed by atoms with Gasteiger partial charge < -0.3 is 10.1 Å². The van der Waals surface area contributed by atoms with Crippen molar-refractivity contribution in [2.24, 2.45) is 0 Å². The second kappa shape index (κ2) is 9.72. The highest BCUT2D eigenvalue weighted by Gasteiger charge is 2.18. The van der Waals surface area contributed by atoms with E-state index >= 15 is 0 Å². The molecule has 1 heterocycles. The van der Waals surface area contributed by atoms with Crippen molar-refractivity contribution in [1.29, 1.82) is 0 Å². The van der Waals surface area contributed by atoms with Crippen LogP contribution in [0.1, 0.15) is 34.5 Å². The Kier molecular flexibility index (Phi) is 7.04. The van der Waals surface area contributed by atoms with Crippen LogP contribution < -0.4 is 10.1 Å². The Morgan fingerprint density at radius 3 is 2.48 bits per heavy atom. The van der Waals surface area contributed by atoms with Crippen molar-refractivity contribution < 1.29 is 17.9 Å². The second-order valence-corrected chi connectivity index (χ2v) is 9.38. The Hall–Kier alpha value is -3.23. The van der Waals surface area contributed by atoms with Crippen LogP contribution in [0.15, 0.2) is 78.0 Å². The second-order valence-electron chi connectivity index (χ2n) is 7.23. The average molecular weight is 440 g/mol. The minimum Gasteiger partial charge on any atom is -0.489 e. The molecule has 0 bridgehead atoms. The van der Waals surface area contributed by atoms with E-state index in [2.05, 4.69) is 10.3 Å². The van der Waals surface area contributed by atoms with Gasteiger partial charge in [-0.25, -0.2) is 12.7 Å². The molecule has 1 N–H and O–H groups in total. The van der Waals surface area contributed by atoms with Crippen molar-refractivity contribution in [3.8, 4) is 5.75 Å². The van der Waals surface area contributed by atoms with E-state index in [4.69, 9.17) is 4.74 Å². The number of rotatable bonds is 8. The van der Waals surface area contributed by atoms with Crippen LogP contribution in [0, 0.1) is 0 Å². The van der Waals surface area contributed by atoms with E-state index in [-0.39, 0.29) is 16.8 Å². The van der Waals surface area contributed by atoms with E-state index < -0.39 is 10.0 Å². The quantitative estimate of drug-likeness (QED) is 0.581. The van der Waals surface area contributed by atoms with Gasteiger partial charge in [0.2, 0.25) is 10.0 Å². The summed E-state index contributed by atoms with van der Waals surface area (Å²) in [6.45, 7) is 2.20. The van der Waals surface area contributed by atoms with E-state index in [1.807, 2.05) is 19.1 Å². The highest BCUT2D eigenvalue weighted by Crippen LogP contribution is 2.20. The minimum absolute atomic E-state index is 0.207. The Bertz CT molecular complexity index is 1130. The Morgan fingerprint density at radius 1 is 1.10 bits per heavy atom. The molecule has 3 rings (SSSR count). The van der Waals surface area contributed by atoms with Gasteiger partial charge in [0, 0.05) is 37.6 Å². The molecule has 2 aromatic carbocycles. The number of amides is 1. The van der Waals surface area contributed by atoms with Crippen LogP contribution in [-0.4, -0.2) is 37.7 Å². The lowest BCUT2D eigenvalue weighted by Crippen LogP contribution is -2.27. The van der Waals surface area contributed by atoms with Gasteiger partial charge in [0.1, 0.15) is 12.4 Å². The van der Waals surface area contributed by atoms with Crippen LogP contribution in [0.3, 0.4) is 0 Å². The highest BCUT2D eigenvalue weighted by molar-refractivity contribution is 7.89. The molecule has 8 heteroatoms. The van der Waals surface area contributed by atoms with Gasteiger partial charge in [0.15, 0.2) is 0 Å². The fourth-order valence-corrected chi connectivity index (χ4v) is 3.78. The number of pyridine rings is 1. The lowest BCUT2D eigenvalue weighted by Gasteiger charge is -2.16. The molecule has 1 amide bonds.